The highest BCUT2D eigenvalue weighted by atomic mass is 16.2. The van der Waals surface area contributed by atoms with Crippen LogP contribution in [0.2, 0.25) is 0 Å². The van der Waals surface area contributed by atoms with Gasteiger partial charge in [0.1, 0.15) is 6.54 Å². The van der Waals surface area contributed by atoms with E-state index in [1.165, 1.54) is 4.57 Å². The van der Waals surface area contributed by atoms with Crippen molar-refractivity contribution in [3.05, 3.63) is 56.7 Å². The predicted octanol–water partition coefficient (Wildman–Crippen LogP) is -0.457. The molecule has 0 radical (unpaired) electrons. The number of anilines is 1. The van der Waals surface area contributed by atoms with Crippen molar-refractivity contribution in [3.8, 4) is 0 Å². The smallest absolute Gasteiger partial charge is 0.332 e. The zero-order valence-electron chi connectivity index (χ0n) is 16.3. The Hall–Kier alpha value is -3.40. The summed E-state index contributed by atoms with van der Waals surface area (Å²) in [6, 6.07) is 10.0. The topological polar surface area (TPSA) is 120 Å². The van der Waals surface area contributed by atoms with Crippen LogP contribution in [0.4, 0.5) is 5.95 Å². The molecule has 1 aliphatic rings. The van der Waals surface area contributed by atoms with Crippen molar-refractivity contribution in [2.75, 3.05) is 11.4 Å². The Labute approximate surface area is 166 Å². The van der Waals surface area contributed by atoms with Gasteiger partial charge in [0.15, 0.2) is 11.2 Å². The van der Waals surface area contributed by atoms with Crippen molar-refractivity contribution < 1.29 is 4.79 Å². The quantitative estimate of drug-likeness (QED) is 0.349. The van der Waals surface area contributed by atoms with Crippen LogP contribution in [-0.2, 0) is 31.5 Å². The maximum Gasteiger partial charge on any atom is 0.332 e. The largest absolute Gasteiger partial charge is 0.338 e. The van der Waals surface area contributed by atoms with Crippen molar-refractivity contribution in [2.24, 2.45) is 18.8 Å². The lowest BCUT2D eigenvalue weighted by Gasteiger charge is -2.33. The van der Waals surface area contributed by atoms with Gasteiger partial charge >= 0.3 is 5.69 Å². The summed E-state index contributed by atoms with van der Waals surface area (Å²) in [7, 11) is 1.55. The summed E-state index contributed by atoms with van der Waals surface area (Å²) in [5, 5.41) is 0. The van der Waals surface area contributed by atoms with E-state index in [1.54, 1.807) is 7.05 Å². The molecular formula is C19H23N7O3. The Bertz CT molecular complexity index is 1190. The molecule has 0 saturated carbocycles. The Balaban J connectivity index is 1.89. The number of benzene rings is 1. The SMILES string of the molecule is C[C@@H]1CN(Cc2ccccc2)c2nc3c(c(=O)n(CC(=O)NN)c(=O)n3C)n2C1. The molecule has 152 valence electrons. The van der Waals surface area contributed by atoms with Gasteiger partial charge in [-0.15, -0.1) is 0 Å². The van der Waals surface area contributed by atoms with Crippen LogP contribution in [0.15, 0.2) is 39.9 Å². The summed E-state index contributed by atoms with van der Waals surface area (Å²) in [5.41, 5.74) is 2.56. The van der Waals surface area contributed by atoms with Crippen molar-refractivity contribution in [3.63, 3.8) is 0 Å². The Morgan fingerprint density at radius 2 is 1.97 bits per heavy atom. The predicted molar refractivity (Wildman–Crippen MR) is 108 cm³/mol. The first-order chi connectivity index (χ1) is 13.9. The van der Waals surface area contributed by atoms with Gasteiger partial charge in [0.2, 0.25) is 5.95 Å². The number of hydrogen-bond donors (Lipinski definition) is 2. The molecule has 3 N–H and O–H groups in total. The number of nitrogens with one attached hydrogen (secondary N) is 1. The van der Waals surface area contributed by atoms with E-state index in [2.05, 4.69) is 16.8 Å². The first-order valence-electron chi connectivity index (χ1n) is 9.39. The highest BCUT2D eigenvalue weighted by Gasteiger charge is 2.29. The molecule has 0 bridgehead atoms. The zero-order chi connectivity index (χ0) is 20.7. The molecule has 1 atom stereocenters. The van der Waals surface area contributed by atoms with Gasteiger partial charge in [-0.2, -0.15) is 4.98 Å². The first kappa shape index (κ1) is 18.9. The van der Waals surface area contributed by atoms with Crippen LogP contribution in [0.5, 0.6) is 0 Å². The van der Waals surface area contributed by atoms with Crippen LogP contribution in [0, 0.1) is 5.92 Å². The number of fused-ring (bicyclic) bond motifs is 3. The molecular weight excluding hydrogens is 374 g/mol. The maximum absolute atomic E-state index is 13.1. The molecule has 10 nitrogen and oxygen atoms in total. The second-order valence-corrected chi connectivity index (χ2v) is 7.47. The minimum absolute atomic E-state index is 0.279. The van der Waals surface area contributed by atoms with Crippen LogP contribution in [-0.4, -0.2) is 31.1 Å². The molecule has 2 aromatic heterocycles. The molecule has 1 aliphatic heterocycles. The number of imidazole rings is 1. The van der Waals surface area contributed by atoms with E-state index in [4.69, 9.17) is 5.84 Å². The maximum atomic E-state index is 13.1. The van der Waals surface area contributed by atoms with Crippen LogP contribution in [0.1, 0.15) is 12.5 Å². The zero-order valence-corrected chi connectivity index (χ0v) is 16.3. The number of carbonyl (C=O) groups is 1. The first-order valence-corrected chi connectivity index (χ1v) is 9.39. The number of hydrazine groups is 1. The molecule has 3 heterocycles. The number of carbonyl (C=O) groups excluding carboxylic acids is 1. The Kier molecular flexibility index (Phi) is 4.71. The van der Waals surface area contributed by atoms with Crippen molar-refractivity contribution >= 4 is 23.0 Å². The third-order valence-corrected chi connectivity index (χ3v) is 5.20. The fraction of sp³-hybridized carbons (Fsp3) is 0.368. The fourth-order valence-electron chi connectivity index (χ4n) is 3.87. The van der Waals surface area contributed by atoms with Crippen molar-refractivity contribution in [1.29, 1.82) is 0 Å². The average Bonchev–Trinajstić information content (AvgIpc) is 3.10. The molecule has 0 unspecified atom stereocenters. The molecule has 0 saturated heterocycles. The van der Waals surface area contributed by atoms with Crippen LogP contribution >= 0.6 is 0 Å². The standard InChI is InChI=1S/C19H23N7O3/c1-12-8-24(10-13-6-4-3-5-7-13)18-21-16-15(25(18)9-12)17(28)26(11-14(27)22-20)19(29)23(16)2/h3-7,12H,8-11,20H2,1-2H3,(H,22,27)/t12-/m1/s1. The third-order valence-electron chi connectivity index (χ3n) is 5.20. The van der Waals surface area contributed by atoms with E-state index in [9.17, 15) is 14.4 Å². The van der Waals surface area contributed by atoms with Gasteiger partial charge in [-0.05, 0) is 11.5 Å². The summed E-state index contributed by atoms with van der Waals surface area (Å²) in [4.78, 5) is 44.2. The summed E-state index contributed by atoms with van der Waals surface area (Å²) in [6.45, 7) is 3.70. The molecule has 3 aromatic rings. The van der Waals surface area contributed by atoms with E-state index in [1.807, 2.05) is 40.3 Å². The summed E-state index contributed by atoms with van der Waals surface area (Å²) < 4.78 is 4.04. The van der Waals surface area contributed by atoms with E-state index in [0.717, 1.165) is 16.7 Å². The van der Waals surface area contributed by atoms with Crippen molar-refractivity contribution in [1.82, 2.24) is 24.1 Å². The summed E-state index contributed by atoms with van der Waals surface area (Å²) >= 11 is 0. The number of aryl methyl sites for hydroxylation is 1. The second-order valence-electron chi connectivity index (χ2n) is 7.47. The van der Waals surface area contributed by atoms with E-state index in [-0.39, 0.29) is 5.92 Å². The summed E-state index contributed by atoms with van der Waals surface area (Å²) in [5.74, 6) is 5.43. The third kappa shape index (κ3) is 3.21. The average molecular weight is 397 g/mol. The Morgan fingerprint density at radius 1 is 1.24 bits per heavy atom. The van der Waals surface area contributed by atoms with E-state index < -0.39 is 23.7 Å². The monoisotopic (exact) mass is 397 g/mol. The number of nitrogens with two attached hydrogens (primary N) is 1. The minimum atomic E-state index is -0.624. The summed E-state index contributed by atoms with van der Waals surface area (Å²) in [6.07, 6.45) is 0. The van der Waals surface area contributed by atoms with E-state index in [0.29, 0.717) is 30.2 Å². The number of hydrogen-bond acceptors (Lipinski definition) is 6. The highest BCUT2D eigenvalue weighted by molar-refractivity contribution is 5.77. The fourth-order valence-corrected chi connectivity index (χ4v) is 3.87. The van der Waals surface area contributed by atoms with Crippen LogP contribution in [0.25, 0.3) is 11.2 Å². The van der Waals surface area contributed by atoms with Gasteiger partial charge in [0, 0.05) is 26.7 Å². The van der Waals surface area contributed by atoms with Gasteiger partial charge < -0.3 is 9.47 Å². The minimum Gasteiger partial charge on any atom is -0.338 e. The van der Waals surface area contributed by atoms with Gasteiger partial charge in [0.25, 0.3) is 11.5 Å². The number of nitrogens with zero attached hydrogens (tertiary/aromatic N) is 5. The van der Waals surface area contributed by atoms with Crippen LogP contribution in [0.3, 0.4) is 0 Å². The highest BCUT2D eigenvalue weighted by Crippen LogP contribution is 2.28. The molecule has 29 heavy (non-hydrogen) atoms. The Morgan fingerprint density at radius 3 is 2.66 bits per heavy atom. The molecule has 10 heteroatoms. The number of aromatic nitrogens is 4. The molecule has 0 spiro atoms. The normalized spacial score (nSPS) is 16.1. The number of rotatable bonds is 4. The van der Waals surface area contributed by atoms with Gasteiger partial charge in [-0.25, -0.2) is 15.2 Å². The molecule has 1 amide bonds. The van der Waals surface area contributed by atoms with Gasteiger partial charge in [-0.3, -0.25) is 19.6 Å². The molecule has 0 fully saturated rings. The van der Waals surface area contributed by atoms with Crippen LogP contribution < -0.4 is 27.4 Å². The molecule has 1 aromatic carbocycles. The lowest BCUT2D eigenvalue weighted by atomic mass is 10.1. The van der Waals surface area contributed by atoms with Gasteiger partial charge in [-0.1, -0.05) is 37.3 Å². The number of amides is 1. The lowest BCUT2D eigenvalue weighted by Crippen LogP contribution is -2.45. The van der Waals surface area contributed by atoms with Crippen molar-refractivity contribution in [2.45, 2.75) is 26.6 Å². The van der Waals surface area contributed by atoms with E-state index >= 15 is 0 Å². The second kappa shape index (κ2) is 7.21. The van der Waals surface area contributed by atoms with Gasteiger partial charge in [0.05, 0.1) is 0 Å². The lowest BCUT2D eigenvalue weighted by molar-refractivity contribution is -0.121. The molecule has 4 rings (SSSR count). The molecule has 0 aliphatic carbocycles.